The second kappa shape index (κ2) is 14.4. The van der Waals surface area contributed by atoms with Gasteiger partial charge in [-0.1, -0.05) is 6.07 Å². The first kappa shape index (κ1) is 35.7. The van der Waals surface area contributed by atoms with Crippen LogP contribution in [0, 0.1) is 5.92 Å². The molecule has 7 rings (SSSR count). The number of carboxylic acids is 1. The number of carbonyl (C=O) groups is 4. The number of amides is 4. The minimum absolute atomic E-state index is 0.0127. The number of benzene rings is 1. The number of aromatic nitrogens is 4. The van der Waals surface area contributed by atoms with E-state index >= 15 is 0 Å². The highest BCUT2D eigenvalue weighted by atomic mass is 16.7. The van der Waals surface area contributed by atoms with Gasteiger partial charge in [-0.2, -0.15) is 10.1 Å². The number of H-pyrrole nitrogens is 1. The number of aliphatic hydroxyl groups excluding tert-OH is 1. The maximum atomic E-state index is 13.9. The SMILES string of the molecule is CN(CCN(C)C(=O)N(c1cn[nH]c1)c1nccc(N2CC3CCC34C(C2)N4C=O)n1)C(=O)OCc1ccc(OC2CC(O)CC(C(=O)O)O2)c(N)c1. The van der Waals surface area contributed by atoms with Gasteiger partial charge < -0.3 is 49.8 Å². The number of nitrogens with one attached hydrogen (secondary N) is 1. The van der Waals surface area contributed by atoms with Crippen LogP contribution in [0.3, 0.4) is 0 Å². The molecule has 282 valence electrons. The van der Waals surface area contributed by atoms with E-state index in [0.29, 0.717) is 29.5 Å². The molecule has 0 bridgehead atoms. The quantitative estimate of drug-likeness (QED) is 0.117. The third kappa shape index (κ3) is 6.96. The van der Waals surface area contributed by atoms with E-state index < -0.39 is 36.6 Å². The molecule has 1 aromatic carbocycles. The minimum Gasteiger partial charge on any atom is -0.479 e. The van der Waals surface area contributed by atoms with E-state index in [2.05, 4.69) is 20.1 Å². The Morgan fingerprint density at radius 3 is 2.68 bits per heavy atom. The lowest BCUT2D eigenvalue weighted by Gasteiger charge is -2.44. The summed E-state index contributed by atoms with van der Waals surface area (Å²) in [5, 5.41) is 26.0. The number of hydrogen-bond acceptors (Lipinski definition) is 13. The second-order valence-electron chi connectivity index (χ2n) is 13.9. The van der Waals surface area contributed by atoms with E-state index in [0.717, 1.165) is 25.8 Å². The van der Waals surface area contributed by atoms with Gasteiger partial charge in [0.1, 0.15) is 18.2 Å². The Morgan fingerprint density at radius 1 is 1.17 bits per heavy atom. The number of rotatable bonds is 12. The van der Waals surface area contributed by atoms with Crippen LogP contribution in [0.5, 0.6) is 5.75 Å². The van der Waals surface area contributed by atoms with Crippen LogP contribution in [0.2, 0.25) is 0 Å². The summed E-state index contributed by atoms with van der Waals surface area (Å²) in [4.78, 5) is 67.1. The third-order valence-corrected chi connectivity index (χ3v) is 10.6. The monoisotopic (exact) mass is 734 g/mol. The largest absolute Gasteiger partial charge is 0.479 e. The van der Waals surface area contributed by atoms with E-state index in [4.69, 9.17) is 24.9 Å². The Bertz CT molecular complexity index is 1850. The van der Waals surface area contributed by atoms with Crippen LogP contribution in [0.15, 0.2) is 42.9 Å². The molecule has 4 fully saturated rings. The van der Waals surface area contributed by atoms with Gasteiger partial charge in [0.25, 0.3) is 0 Å². The number of piperidine rings is 1. The number of hydrogen-bond donors (Lipinski definition) is 4. The Kier molecular flexibility index (Phi) is 9.69. The fourth-order valence-electron chi connectivity index (χ4n) is 7.51. The molecule has 3 aromatic rings. The molecule has 19 nitrogen and oxygen atoms in total. The fourth-order valence-corrected chi connectivity index (χ4v) is 7.51. The van der Waals surface area contributed by atoms with Gasteiger partial charge in [0, 0.05) is 71.4 Å². The zero-order valence-electron chi connectivity index (χ0n) is 29.3. The van der Waals surface area contributed by atoms with Crippen molar-refractivity contribution in [1.29, 1.82) is 0 Å². The average molecular weight is 735 g/mol. The summed E-state index contributed by atoms with van der Waals surface area (Å²) in [5.41, 5.74) is 7.37. The van der Waals surface area contributed by atoms with Crippen LogP contribution in [-0.4, -0.2) is 140 Å². The molecule has 5 N–H and O–H groups in total. The molecule has 4 aliphatic rings. The van der Waals surface area contributed by atoms with Crippen molar-refractivity contribution < 1.29 is 43.6 Å². The van der Waals surface area contributed by atoms with Crippen LogP contribution >= 0.6 is 0 Å². The molecule has 53 heavy (non-hydrogen) atoms. The predicted octanol–water partition coefficient (Wildman–Crippen LogP) is 1.38. The molecule has 0 radical (unpaired) electrons. The van der Waals surface area contributed by atoms with Gasteiger partial charge in [-0.15, -0.1) is 0 Å². The molecular formula is C34H42N10O9. The number of anilines is 4. The van der Waals surface area contributed by atoms with Gasteiger partial charge in [-0.3, -0.25) is 9.89 Å². The Labute approximate surface area is 304 Å². The molecule has 1 spiro atoms. The Morgan fingerprint density at radius 2 is 1.98 bits per heavy atom. The van der Waals surface area contributed by atoms with Crippen molar-refractivity contribution in [2.75, 3.05) is 55.8 Å². The van der Waals surface area contributed by atoms with Crippen molar-refractivity contribution in [2.24, 2.45) is 5.92 Å². The van der Waals surface area contributed by atoms with Crippen molar-refractivity contribution in [3.8, 4) is 5.75 Å². The topological polar surface area (TPSA) is 233 Å². The molecule has 6 unspecified atom stereocenters. The Balaban J connectivity index is 0.926. The zero-order chi connectivity index (χ0) is 37.4. The lowest BCUT2D eigenvalue weighted by molar-refractivity contribution is -0.195. The molecule has 3 saturated heterocycles. The van der Waals surface area contributed by atoms with Gasteiger partial charge >= 0.3 is 18.1 Å². The van der Waals surface area contributed by atoms with Crippen LogP contribution in [0.1, 0.15) is 31.2 Å². The molecule has 3 aliphatic heterocycles. The number of aromatic amines is 1. The highest BCUT2D eigenvalue weighted by Crippen LogP contribution is 2.60. The van der Waals surface area contributed by atoms with Crippen molar-refractivity contribution in [2.45, 2.75) is 62.4 Å². The van der Waals surface area contributed by atoms with Gasteiger partial charge in [-0.05, 0) is 36.6 Å². The standard InChI is InChI=1S/C34H42N10O9/c1-40(9-10-41(2)33(50)51-18-20-3-4-25(24(35)11-20)52-29-13-23(46)12-26(53-29)30(47)48)32(49)44(22-14-37-38-15-22)31-36-8-6-28(39-31)42-16-21-5-7-34(21)27(17-42)43(34)19-45/h3-4,6,8,11,14-15,19,21,23,26-27,29,46H,5,7,9-10,12-13,16-18,35H2,1-2H3,(H,37,38)(H,47,48). The molecule has 4 amide bonds. The smallest absolute Gasteiger partial charge is 0.409 e. The number of likely N-dealkylation sites (N-methyl/N-ethyl adjacent to an activating group) is 2. The normalized spacial score (nSPS) is 25.6. The number of ether oxygens (including phenoxy) is 3. The number of aliphatic carboxylic acids is 1. The summed E-state index contributed by atoms with van der Waals surface area (Å²) in [7, 11) is 3.16. The lowest BCUT2D eigenvalue weighted by Crippen LogP contribution is -2.53. The van der Waals surface area contributed by atoms with Crippen LogP contribution in [0.4, 0.5) is 32.7 Å². The van der Waals surface area contributed by atoms with E-state index in [1.54, 1.807) is 50.8 Å². The summed E-state index contributed by atoms with van der Waals surface area (Å²) in [6.07, 6.45) is 4.06. The van der Waals surface area contributed by atoms with Gasteiger partial charge in [0.15, 0.2) is 6.10 Å². The molecular weight excluding hydrogens is 692 g/mol. The summed E-state index contributed by atoms with van der Waals surface area (Å²) in [6.45, 7) is 1.63. The number of nitrogen functional groups attached to an aromatic ring is 1. The van der Waals surface area contributed by atoms with Crippen LogP contribution in [0.25, 0.3) is 0 Å². The van der Waals surface area contributed by atoms with E-state index in [1.165, 1.54) is 20.9 Å². The summed E-state index contributed by atoms with van der Waals surface area (Å²) in [6, 6.07) is 6.27. The first-order valence-electron chi connectivity index (χ1n) is 17.3. The number of carbonyl (C=O) groups excluding carboxylic acids is 3. The van der Waals surface area contributed by atoms with Gasteiger partial charge in [0.2, 0.25) is 18.6 Å². The van der Waals surface area contributed by atoms with E-state index in [9.17, 15) is 29.4 Å². The van der Waals surface area contributed by atoms with Crippen LogP contribution in [-0.2, 0) is 25.7 Å². The third-order valence-electron chi connectivity index (χ3n) is 10.6. The van der Waals surface area contributed by atoms with Crippen molar-refractivity contribution in [3.05, 3.63) is 48.4 Å². The second-order valence-corrected chi connectivity index (χ2v) is 13.9. The number of nitrogens with zero attached hydrogens (tertiary/aromatic N) is 8. The highest BCUT2D eigenvalue weighted by Gasteiger charge is 2.72. The predicted molar refractivity (Wildman–Crippen MR) is 186 cm³/mol. The molecule has 6 atom stereocenters. The first-order chi connectivity index (χ1) is 25.5. The number of nitrogens with two attached hydrogens (primary N) is 1. The van der Waals surface area contributed by atoms with Crippen molar-refractivity contribution in [1.82, 2.24) is 34.9 Å². The molecule has 5 heterocycles. The Hall–Kier alpha value is -5.69. The van der Waals surface area contributed by atoms with E-state index in [1.807, 2.05) is 4.90 Å². The zero-order valence-corrected chi connectivity index (χ0v) is 29.3. The van der Waals surface area contributed by atoms with Crippen LogP contribution < -0.4 is 20.3 Å². The number of urea groups is 1. The van der Waals surface area contributed by atoms with Gasteiger partial charge in [-0.25, -0.2) is 24.3 Å². The first-order valence-corrected chi connectivity index (χ1v) is 17.3. The van der Waals surface area contributed by atoms with E-state index in [-0.39, 0.29) is 61.5 Å². The summed E-state index contributed by atoms with van der Waals surface area (Å²) in [5.74, 6) is 0.249. The van der Waals surface area contributed by atoms with Gasteiger partial charge in [0.05, 0.1) is 35.3 Å². The molecule has 1 saturated carbocycles. The maximum Gasteiger partial charge on any atom is 0.409 e. The maximum absolute atomic E-state index is 13.9. The summed E-state index contributed by atoms with van der Waals surface area (Å²) >= 11 is 0. The average Bonchev–Trinajstić information content (AvgIpc) is 3.53. The molecule has 1 aliphatic carbocycles. The molecule has 2 aromatic heterocycles. The minimum atomic E-state index is -1.19. The van der Waals surface area contributed by atoms with Crippen molar-refractivity contribution in [3.63, 3.8) is 0 Å². The number of aliphatic hydroxyl groups is 1. The highest BCUT2D eigenvalue weighted by molar-refractivity contribution is 5.97. The fraction of sp³-hybridized carbons (Fsp3) is 0.500. The molecule has 19 heteroatoms. The van der Waals surface area contributed by atoms with Crippen molar-refractivity contribution >= 4 is 47.6 Å². The number of carboxylic acid groups (broad SMARTS) is 1. The summed E-state index contributed by atoms with van der Waals surface area (Å²) < 4.78 is 16.6. The lowest BCUT2D eigenvalue weighted by atomic mass is 9.68.